The molecule has 100 valence electrons. The summed E-state index contributed by atoms with van der Waals surface area (Å²) >= 11 is 0. The molecule has 0 radical (unpaired) electrons. The summed E-state index contributed by atoms with van der Waals surface area (Å²) in [4.78, 5) is 33.4. The molecule has 0 fully saturated rings. The van der Waals surface area contributed by atoms with E-state index in [2.05, 4.69) is 9.97 Å². The maximum atomic E-state index is 11.7. The maximum absolute atomic E-state index is 11.7. The van der Waals surface area contributed by atoms with Crippen LogP contribution in [0.15, 0.2) is 10.9 Å². The number of anilines is 1. The van der Waals surface area contributed by atoms with Crippen molar-refractivity contribution in [1.82, 2.24) is 14.9 Å². The molecule has 1 aromatic rings. The van der Waals surface area contributed by atoms with Crippen LogP contribution in [-0.4, -0.2) is 48.0 Å². The first kappa shape index (κ1) is 14.2. The summed E-state index contributed by atoms with van der Waals surface area (Å²) in [5.74, 6) is 1.09. The third-order valence-electron chi connectivity index (χ3n) is 2.49. The molecule has 1 heterocycles. The van der Waals surface area contributed by atoms with Crippen molar-refractivity contribution >= 4 is 11.7 Å². The molecule has 0 aliphatic heterocycles. The predicted octanol–water partition coefficient (Wildman–Crippen LogP) is 0.383. The molecule has 6 heteroatoms. The molecule has 6 nitrogen and oxygen atoms in total. The van der Waals surface area contributed by atoms with Crippen molar-refractivity contribution in [3.63, 3.8) is 0 Å². The van der Waals surface area contributed by atoms with Crippen molar-refractivity contribution in [3.8, 4) is 0 Å². The van der Waals surface area contributed by atoms with Crippen LogP contribution in [0.3, 0.4) is 0 Å². The summed E-state index contributed by atoms with van der Waals surface area (Å²) in [6, 6.07) is 1.42. The number of nitrogens with zero attached hydrogens (tertiary/aromatic N) is 3. The van der Waals surface area contributed by atoms with Crippen LogP contribution >= 0.6 is 0 Å². The van der Waals surface area contributed by atoms with Crippen molar-refractivity contribution in [3.05, 3.63) is 22.2 Å². The van der Waals surface area contributed by atoms with E-state index < -0.39 is 0 Å². The van der Waals surface area contributed by atoms with Crippen LogP contribution in [0.1, 0.15) is 19.2 Å². The van der Waals surface area contributed by atoms with Crippen LogP contribution in [0.25, 0.3) is 0 Å². The number of nitrogens with one attached hydrogen (secondary N) is 1. The summed E-state index contributed by atoms with van der Waals surface area (Å²) in [5, 5.41) is 0. The lowest BCUT2D eigenvalue weighted by Gasteiger charge is -2.24. The highest BCUT2D eigenvalue weighted by atomic mass is 16.2. The maximum Gasteiger partial charge on any atom is 0.252 e. The van der Waals surface area contributed by atoms with E-state index in [4.69, 9.17) is 0 Å². The fourth-order valence-corrected chi connectivity index (χ4v) is 1.57. The summed E-state index contributed by atoms with van der Waals surface area (Å²) in [7, 11) is 3.42. The second kappa shape index (κ2) is 6.18. The van der Waals surface area contributed by atoms with E-state index in [0.717, 1.165) is 6.42 Å². The summed E-state index contributed by atoms with van der Waals surface area (Å²) in [5.41, 5.74) is -0.198. The van der Waals surface area contributed by atoms with Crippen LogP contribution in [0.5, 0.6) is 0 Å². The quantitative estimate of drug-likeness (QED) is 0.822. The van der Waals surface area contributed by atoms with Gasteiger partial charge in [0.25, 0.3) is 5.56 Å². The number of hydrogen-bond donors (Lipinski definition) is 1. The second-order valence-electron chi connectivity index (χ2n) is 4.40. The predicted molar refractivity (Wildman–Crippen MR) is 70.8 cm³/mol. The number of hydrogen-bond acceptors (Lipinski definition) is 4. The summed E-state index contributed by atoms with van der Waals surface area (Å²) in [6.45, 7) is 4.67. The molecule has 0 aliphatic carbocycles. The zero-order valence-electron chi connectivity index (χ0n) is 11.4. The Balaban J connectivity index is 2.96. The Labute approximate surface area is 107 Å². The molecule has 0 saturated carbocycles. The highest BCUT2D eigenvalue weighted by Gasteiger charge is 2.14. The minimum absolute atomic E-state index is 0.0109. The van der Waals surface area contributed by atoms with Gasteiger partial charge >= 0.3 is 0 Å². The molecular formula is C12H20N4O2. The Morgan fingerprint density at radius 1 is 1.44 bits per heavy atom. The molecule has 1 aromatic heterocycles. The molecular weight excluding hydrogens is 232 g/mol. The van der Waals surface area contributed by atoms with Gasteiger partial charge in [-0.25, -0.2) is 4.98 Å². The minimum atomic E-state index is -0.198. The third kappa shape index (κ3) is 3.87. The van der Waals surface area contributed by atoms with Gasteiger partial charge in [0.1, 0.15) is 11.6 Å². The zero-order chi connectivity index (χ0) is 13.7. The summed E-state index contributed by atoms with van der Waals surface area (Å²) in [6.07, 6.45) is 0.883. The zero-order valence-corrected chi connectivity index (χ0v) is 11.4. The van der Waals surface area contributed by atoms with Crippen molar-refractivity contribution < 1.29 is 4.79 Å². The van der Waals surface area contributed by atoms with Gasteiger partial charge in [-0.2, -0.15) is 0 Å². The topological polar surface area (TPSA) is 69.3 Å². The number of rotatable bonds is 5. The van der Waals surface area contributed by atoms with E-state index >= 15 is 0 Å². The molecule has 1 N–H and O–H groups in total. The van der Waals surface area contributed by atoms with Crippen LogP contribution in [-0.2, 0) is 4.79 Å². The van der Waals surface area contributed by atoms with Gasteiger partial charge in [0, 0.05) is 26.7 Å². The first-order valence-corrected chi connectivity index (χ1v) is 5.97. The molecule has 1 rings (SSSR count). The Hall–Kier alpha value is -1.85. The molecule has 18 heavy (non-hydrogen) atoms. The van der Waals surface area contributed by atoms with Crippen molar-refractivity contribution in [2.75, 3.05) is 32.1 Å². The van der Waals surface area contributed by atoms with Gasteiger partial charge in [0.2, 0.25) is 5.91 Å². The average Bonchev–Trinajstić information content (AvgIpc) is 2.26. The molecule has 0 bridgehead atoms. The van der Waals surface area contributed by atoms with E-state index in [9.17, 15) is 9.59 Å². The normalized spacial score (nSPS) is 10.2. The lowest BCUT2D eigenvalue weighted by Crippen LogP contribution is -2.38. The first-order valence-electron chi connectivity index (χ1n) is 5.97. The van der Waals surface area contributed by atoms with E-state index in [1.54, 1.807) is 21.0 Å². The van der Waals surface area contributed by atoms with Gasteiger partial charge in [-0.1, -0.05) is 6.92 Å². The Morgan fingerprint density at radius 2 is 2.11 bits per heavy atom. The molecule has 0 saturated heterocycles. The van der Waals surface area contributed by atoms with Gasteiger partial charge in [-0.3, -0.25) is 9.59 Å². The van der Waals surface area contributed by atoms with Crippen LogP contribution in [0.4, 0.5) is 5.82 Å². The number of amides is 1. The third-order valence-corrected chi connectivity index (χ3v) is 2.49. The second-order valence-corrected chi connectivity index (χ2v) is 4.40. The number of aryl methyl sites for hydroxylation is 1. The Bertz CT molecular complexity index is 467. The Morgan fingerprint density at radius 3 is 2.61 bits per heavy atom. The largest absolute Gasteiger partial charge is 0.347 e. The average molecular weight is 252 g/mol. The molecule has 0 spiro atoms. The fraction of sp³-hybridized carbons (Fsp3) is 0.583. The number of aromatic amines is 1. The standard InChI is InChI=1S/C12H20N4O2/c1-5-6-16(8-12(18)15(3)4)10-7-11(17)14-9(2)13-10/h7H,5-6,8H2,1-4H3,(H,13,14,17). The van der Waals surface area contributed by atoms with Gasteiger partial charge in [-0.15, -0.1) is 0 Å². The van der Waals surface area contributed by atoms with Crippen molar-refractivity contribution in [2.24, 2.45) is 0 Å². The van der Waals surface area contributed by atoms with Gasteiger partial charge < -0.3 is 14.8 Å². The molecule has 0 aliphatic rings. The van der Waals surface area contributed by atoms with E-state index in [1.807, 2.05) is 11.8 Å². The lowest BCUT2D eigenvalue weighted by molar-refractivity contribution is -0.127. The van der Waals surface area contributed by atoms with Crippen LogP contribution in [0, 0.1) is 6.92 Å². The summed E-state index contributed by atoms with van der Waals surface area (Å²) < 4.78 is 0. The fourth-order valence-electron chi connectivity index (χ4n) is 1.57. The molecule has 1 amide bonds. The van der Waals surface area contributed by atoms with E-state index in [1.165, 1.54) is 11.0 Å². The first-order chi connectivity index (χ1) is 8.43. The molecule has 0 atom stereocenters. The van der Waals surface area contributed by atoms with E-state index in [-0.39, 0.29) is 18.0 Å². The van der Waals surface area contributed by atoms with Gasteiger partial charge in [0.05, 0.1) is 6.54 Å². The minimum Gasteiger partial charge on any atom is -0.347 e. The number of aromatic nitrogens is 2. The number of likely N-dealkylation sites (N-methyl/N-ethyl adjacent to an activating group) is 1. The van der Waals surface area contributed by atoms with Crippen LogP contribution < -0.4 is 10.5 Å². The number of carbonyl (C=O) groups excluding carboxylic acids is 1. The highest BCUT2D eigenvalue weighted by molar-refractivity contribution is 5.80. The van der Waals surface area contributed by atoms with Crippen LogP contribution in [0.2, 0.25) is 0 Å². The monoisotopic (exact) mass is 252 g/mol. The van der Waals surface area contributed by atoms with Gasteiger partial charge in [-0.05, 0) is 13.3 Å². The van der Waals surface area contributed by atoms with Crippen molar-refractivity contribution in [2.45, 2.75) is 20.3 Å². The smallest absolute Gasteiger partial charge is 0.252 e. The molecule has 0 aromatic carbocycles. The lowest BCUT2D eigenvalue weighted by atomic mass is 10.3. The molecule has 0 unspecified atom stereocenters. The SMILES string of the molecule is CCCN(CC(=O)N(C)C)c1cc(=O)[nH]c(C)n1. The highest BCUT2D eigenvalue weighted by Crippen LogP contribution is 2.08. The van der Waals surface area contributed by atoms with E-state index in [0.29, 0.717) is 18.2 Å². The number of carbonyl (C=O) groups is 1. The number of H-pyrrole nitrogens is 1. The van der Waals surface area contributed by atoms with Crippen molar-refractivity contribution in [1.29, 1.82) is 0 Å². The Kier molecular flexibility index (Phi) is 4.88. The van der Waals surface area contributed by atoms with Gasteiger partial charge in [0.15, 0.2) is 0 Å².